The molecule has 0 bridgehead atoms. The molecule has 1 aromatic rings. The van der Waals surface area contributed by atoms with E-state index in [9.17, 15) is 4.79 Å². The number of hydrogen-bond donors (Lipinski definition) is 1. The van der Waals surface area contributed by atoms with E-state index in [-0.39, 0.29) is 18.1 Å². The monoisotopic (exact) mass is 264 g/mol. The van der Waals surface area contributed by atoms with Crippen molar-refractivity contribution in [1.82, 2.24) is 0 Å². The number of likely N-dealkylation sites (N-methyl/N-ethyl adjacent to an activating group) is 1. The van der Waals surface area contributed by atoms with E-state index in [0.717, 1.165) is 24.3 Å². The molecule has 19 heavy (non-hydrogen) atoms. The second-order valence-electron chi connectivity index (χ2n) is 4.66. The van der Waals surface area contributed by atoms with E-state index in [4.69, 9.17) is 15.2 Å². The van der Waals surface area contributed by atoms with E-state index in [2.05, 4.69) is 0 Å². The maximum atomic E-state index is 12.3. The highest BCUT2D eigenvalue weighted by Crippen LogP contribution is 2.24. The topological polar surface area (TPSA) is 64.8 Å². The summed E-state index contributed by atoms with van der Waals surface area (Å²) in [5.41, 5.74) is 6.38. The lowest BCUT2D eigenvalue weighted by Crippen LogP contribution is -2.37. The molecule has 0 radical (unpaired) electrons. The molecular formula is C14H20N2O3. The normalized spacial score (nSPS) is 22.3. The molecule has 2 unspecified atom stereocenters. The minimum absolute atomic E-state index is 0.0122. The van der Waals surface area contributed by atoms with Crippen molar-refractivity contribution in [3.05, 3.63) is 24.3 Å². The largest absolute Gasteiger partial charge is 0.497 e. The van der Waals surface area contributed by atoms with Crippen molar-refractivity contribution in [2.24, 2.45) is 5.73 Å². The van der Waals surface area contributed by atoms with E-state index in [0.29, 0.717) is 6.54 Å². The number of nitrogens with two attached hydrogens (primary N) is 1. The third-order valence-corrected chi connectivity index (χ3v) is 3.44. The zero-order chi connectivity index (χ0) is 13.8. The second kappa shape index (κ2) is 6.04. The van der Waals surface area contributed by atoms with Crippen LogP contribution in [-0.2, 0) is 9.53 Å². The molecule has 0 aliphatic carbocycles. The average molecular weight is 264 g/mol. The Morgan fingerprint density at radius 2 is 2.11 bits per heavy atom. The number of carbonyl (C=O) groups excluding carboxylic acids is 1. The lowest BCUT2D eigenvalue weighted by Gasteiger charge is -2.21. The minimum atomic E-state index is -0.374. The zero-order valence-corrected chi connectivity index (χ0v) is 11.3. The molecule has 1 saturated heterocycles. The smallest absolute Gasteiger partial charge is 0.255 e. The molecule has 0 aromatic heterocycles. The average Bonchev–Trinajstić information content (AvgIpc) is 2.94. The molecule has 2 atom stereocenters. The van der Waals surface area contributed by atoms with Gasteiger partial charge in [-0.25, -0.2) is 0 Å². The summed E-state index contributed by atoms with van der Waals surface area (Å²) in [6.07, 6.45) is 1.23. The number of carbonyl (C=O) groups is 1. The van der Waals surface area contributed by atoms with Crippen LogP contribution in [0.5, 0.6) is 5.75 Å². The molecule has 0 saturated carbocycles. The molecular weight excluding hydrogens is 244 g/mol. The summed E-state index contributed by atoms with van der Waals surface area (Å²) in [5.74, 6) is 0.742. The Morgan fingerprint density at radius 3 is 2.63 bits per heavy atom. The van der Waals surface area contributed by atoms with Crippen LogP contribution in [0.3, 0.4) is 0 Å². The van der Waals surface area contributed by atoms with Gasteiger partial charge in [0, 0.05) is 19.3 Å². The molecule has 1 amide bonds. The van der Waals surface area contributed by atoms with Crippen molar-refractivity contribution in [3.8, 4) is 5.75 Å². The Bertz CT molecular complexity index is 433. The summed E-state index contributed by atoms with van der Waals surface area (Å²) < 4.78 is 10.7. The van der Waals surface area contributed by atoms with Gasteiger partial charge in [-0.2, -0.15) is 0 Å². The van der Waals surface area contributed by atoms with Crippen molar-refractivity contribution in [2.45, 2.75) is 25.0 Å². The molecule has 1 heterocycles. The van der Waals surface area contributed by atoms with Crippen LogP contribution in [0.15, 0.2) is 24.3 Å². The number of methoxy groups -OCH3 is 1. The van der Waals surface area contributed by atoms with Gasteiger partial charge in [-0.05, 0) is 37.1 Å². The van der Waals surface area contributed by atoms with Gasteiger partial charge in [-0.3, -0.25) is 4.79 Å². The molecule has 2 rings (SSSR count). The van der Waals surface area contributed by atoms with E-state index in [1.807, 2.05) is 24.3 Å². The SMILES string of the molecule is COc1ccc(N(C)C(=O)C2CCC(CN)O2)cc1. The lowest BCUT2D eigenvalue weighted by atomic mass is 10.1. The standard InChI is InChI=1S/C14H20N2O3/c1-16(10-3-5-11(18-2)6-4-10)14(17)13-8-7-12(9-15)19-13/h3-6,12-13H,7-9,15H2,1-2H3. The van der Waals surface area contributed by atoms with Crippen LogP contribution in [0.2, 0.25) is 0 Å². The van der Waals surface area contributed by atoms with Crippen LogP contribution in [0, 0.1) is 0 Å². The first-order valence-electron chi connectivity index (χ1n) is 6.43. The maximum Gasteiger partial charge on any atom is 0.255 e. The van der Waals surface area contributed by atoms with Crippen molar-refractivity contribution >= 4 is 11.6 Å². The van der Waals surface area contributed by atoms with Crippen LogP contribution in [0.4, 0.5) is 5.69 Å². The first-order chi connectivity index (χ1) is 9.15. The zero-order valence-electron chi connectivity index (χ0n) is 11.3. The minimum Gasteiger partial charge on any atom is -0.497 e. The van der Waals surface area contributed by atoms with Crippen LogP contribution in [-0.4, -0.2) is 38.8 Å². The van der Waals surface area contributed by atoms with Gasteiger partial charge in [0.2, 0.25) is 0 Å². The van der Waals surface area contributed by atoms with E-state index < -0.39 is 0 Å². The molecule has 1 aliphatic rings. The fourth-order valence-electron chi connectivity index (χ4n) is 2.21. The fourth-order valence-corrected chi connectivity index (χ4v) is 2.21. The van der Waals surface area contributed by atoms with Gasteiger partial charge in [-0.1, -0.05) is 0 Å². The van der Waals surface area contributed by atoms with Gasteiger partial charge in [-0.15, -0.1) is 0 Å². The Balaban J connectivity index is 2.02. The number of anilines is 1. The van der Waals surface area contributed by atoms with Gasteiger partial charge < -0.3 is 20.1 Å². The van der Waals surface area contributed by atoms with Gasteiger partial charge >= 0.3 is 0 Å². The Morgan fingerprint density at radius 1 is 1.42 bits per heavy atom. The highest BCUT2D eigenvalue weighted by atomic mass is 16.5. The summed E-state index contributed by atoms with van der Waals surface area (Å²) in [4.78, 5) is 13.9. The van der Waals surface area contributed by atoms with Crippen molar-refractivity contribution in [3.63, 3.8) is 0 Å². The summed E-state index contributed by atoms with van der Waals surface area (Å²) in [7, 11) is 3.37. The van der Waals surface area contributed by atoms with Crippen LogP contribution >= 0.6 is 0 Å². The molecule has 5 nitrogen and oxygen atoms in total. The number of rotatable bonds is 4. The van der Waals surface area contributed by atoms with Crippen LogP contribution in [0.1, 0.15) is 12.8 Å². The number of nitrogens with zero attached hydrogens (tertiary/aromatic N) is 1. The predicted molar refractivity (Wildman–Crippen MR) is 73.4 cm³/mol. The molecule has 1 aliphatic heterocycles. The van der Waals surface area contributed by atoms with Gasteiger partial charge in [0.05, 0.1) is 13.2 Å². The highest BCUT2D eigenvalue weighted by molar-refractivity contribution is 5.96. The van der Waals surface area contributed by atoms with Gasteiger partial charge in [0.15, 0.2) is 0 Å². The Hall–Kier alpha value is -1.59. The number of ether oxygens (including phenoxy) is 2. The Labute approximate surface area is 113 Å². The number of amides is 1. The second-order valence-corrected chi connectivity index (χ2v) is 4.66. The van der Waals surface area contributed by atoms with Crippen molar-refractivity contribution < 1.29 is 14.3 Å². The van der Waals surface area contributed by atoms with E-state index >= 15 is 0 Å². The fraction of sp³-hybridized carbons (Fsp3) is 0.500. The predicted octanol–water partition coefficient (Wildman–Crippen LogP) is 1.16. The van der Waals surface area contributed by atoms with Crippen LogP contribution < -0.4 is 15.4 Å². The Kier molecular flexibility index (Phi) is 4.39. The summed E-state index contributed by atoms with van der Waals surface area (Å²) >= 11 is 0. The summed E-state index contributed by atoms with van der Waals surface area (Å²) in [5, 5.41) is 0. The quantitative estimate of drug-likeness (QED) is 0.886. The first-order valence-corrected chi connectivity index (χ1v) is 6.43. The molecule has 0 spiro atoms. The van der Waals surface area contributed by atoms with Crippen molar-refractivity contribution in [1.29, 1.82) is 0 Å². The molecule has 104 valence electrons. The third-order valence-electron chi connectivity index (χ3n) is 3.44. The highest BCUT2D eigenvalue weighted by Gasteiger charge is 2.32. The molecule has 1 fully saturated rings. The molecule has 5 heteroatoms. The first kappa shape index (κ1) is 13.8. The number of hydrogen-bond acceptors (Lipinski definition) is 4. The van der Waals surface area contributed by atoms with E-state index in [1.54, 1.807) is 19.1 Å². The molecule has 1 aromatic carbocycles. The third kappa shape index (κ3) is 3.05. The van der Waals surface area contributed by atoms with E-state index in [1.165, 1.54) is 0 Å². The van der Waals surface area contributed by atoms with Crippen molar-refractivity contribution in [2.75, 3.05) is 25.6 Å². The summed E-state index contributed by atoms with van der Waals surface area (Å²) in [6, 6.07) is 7.37. The van der Waals surface area contributed by atoms with Gasteiger partial charge in [0.1, 0.15) is 11.9 Å². The van der Waals surface area contributed by atoms with Gasteiger partial charge in [0.25, 0.3) is 5.91 Å². The maximum absolute atomic E-state index is 12.3. The number of benzene rings is 1. The summed E-state index contributed by atoms with van der Waals surface area (Å²) in [6.45, 7) is 0.468. The lowest BCUT2D eigenvalue weighted by molar-refractivity contribution is -0.128. The van der Waals surface area contributed by atoms with Crippen LogP contribution in [0.25, 0.3) is 0 Å². The molecule has 2 N–H and O–H groups in total.